The number of hydrogen-bond donors (Lipinski definition) is 0. The van der Waals surface area contributed by atoms with Crippen LogP contribution in [-0.4, -0.2) is 26.6 Å². The van der Waals surface area contributed by atoms with E-state index < -0.39 is 5.54 Å². The summed E-state index contributed by atoms with van der Waals surface area (Å²) in [6.45, 7) is 0. The van der Waals surface area contributed by atoms with Gasteiger partial charge in [0.2, 0.25) is 6.08 Å². The third kappa shape index (κ3) is 2.24. The van der Waals surface area contributed by atoms with Gasteiger partial charge in [-0.3, -0.25) is 0 Å². The number of hydrogen-bond acceptors (Lipinski definition) is 5. The monoisotopic (exact) mass is 279 g/mol. The van der Waals surface area contributed by atoms with Gasteiger partial charge in [0.25, 0.3) is 0 Å². The van der Waals surface area contributed by atoms with E-state index in [0.717, 1.165) is 29.7 Å². The second-order valence-corrected chi connectivity index (χ2v) is 5.32. The lowest BCUT2D eigenvalue weighted by Gasteiger charge is -2.38. The number of carbonyl (C=O) groups excluding carboxylic acids is 1. The first kappa shape index (κ1) is 14.0. The summed E-state index contributed by atoms with van der Waals surface area (Å²) in [4.78, 5) is 15.7. The molecule has 0 bridgehead atoms. The lowest BCUT2D eigenvalue weighted by atomic mass is 9.72. The first-order valence-corrected chi connectivity index (χ1v) is 7.33. The van der Waals surface area contributed by atoms with Gasteiger partial charge in [-0.2, -0.15) is 4.99 Å². The predicted molar refractivity (Wildman–Crippen MR) is 75.0 cm³/mol. The Hall–Kier alpha value is -1.45. The molecule has 0 aromatic heterocycles. The molecule has 1 aliphatic rings. The maximum Gasteiger partial charge on any atom is 0.235 e. The van der Waals surface area contributed by atoms with Crippen molar-refractivity contribution in [3.05, 3.63) is 17.7 Å². The lowest BCUT2D eigenvalue weighted by molar-refractivity contribution is 0.242. The van der Waals surface area contributed by atoms with Gasteiger partial charge in [-0.15, -0.1) is 11.8 Å². The minimum atomic E-state index is -0.475. The van der Waals surface area contributed by atoms with E-state index in [-0.39, 0.29) is 0 Å². The number of nitrogens with zero attached hydrogens (tertiary/aromatic N) is 1. The van der Waals surface area contributed by atoms with Crippen LogP contribution in [-0.2, 0) is 10.3 Å². The highest BCUT2D eigenvalue weighted by Crippen LogP contribution is 2.52. The molecule has 1 saturated carbocycles. The highest BCUT2D eigenvalue weighted by molar-refractivity contribution is 7.98. The molecule has 0 radical (unpaired) electrons. The van der Waals surface area contributed by atoms with Crippen molar-refractivity contribution in [3.8, 4) is 11.5 Å². The smallest absolute Gasteiger partial charge is 0.235 e. The summed E-state index contributed by atoms with van der Waals surface area (Å²) in [5, 5.41) is 0. The molecule has 19 heavy (non-hydrogen) atoms. The molecule has 102 valence electrons. The maximum atomic E-state index is 10.7. The second kappa shape index (κ2) is 5.68. The Kier molecular flexibility index (Phi) is 4.17. The number of rotatable bonds is 5. The molecule has 0 saturated heterocycles. The summed E-state index contributed by atoms with van der Waals surface area (Å²) in [5.41, 5.74) is 0.441. The number of benzene rings is 1. The molecule has 0 unspecified atom stereocenters. The van der Waals surface area contributed by atoms with Crippen molar-refractivity contribution < 1.29 is 14.3 Å². The maximum absolute atomic E-state index is 10.7. The minimum absolute atomic E-state index is 0.475. The van der Waals surface area contributed by atoms with Gasteiger partial charge in [-0.25, -0.2) is 4.79 Å². The molecular weight excluding hydrogens is 262 g/mol. The zero-order valence-electron chi connectivity index (χ0n) is 11.4. The molecule has 0 N–H and O–H groups in total. The van der Waals surface area contributed by atoms with E-state index >= 15 is 0 Å². The molecule has 0 atom stereocenters. The molecule has 0 heterocycles. The first-order chi connectivity index (χ1) is 9.22. The summed E-state index contributed by atoms with van der Waals surface area (Å²) in [6, 6.07) is 3.97. The van der Waals surface area contributed by atoms with Gasteiger partial charge < -0.3 is 9.47 Å². The van der Waals surface area contributed by atoms with E-state index in [1.54, 1.807) is 32.1 Å². The summed E-state index contributed by atoms with van der Waals surface area (Å²) >= 11 is 1.59. The highest BCUT2D eigenvalue weighted by Gasteiger charge is 2.42. The number of ether oxygens (including phenoxy) is 2. The SMILES string of the molecule is COc1c(SC)ccc(C2(N=C=O)CCC2)c1OC. The lowest BCUT2D eigenvalue weighted by Crippen LogP contribution is -2.32. The number of methoxy groups -OCH3 is 2. The Morgan fingerprint density at radius 2 is 1.95 bits per heavy atom. The predicted octanol–water partition coefficient (Wildman–Crippen LogP) is 3.14. The van der Waals surface area contributed by atoms with Crippen molar-refractivity contribution in [1.82, 2.24) is 0 Å². The molecule has 0 amide bonds. The fraction of sp³-hybridized carbons (Fsp3) is 0.500. The van der Waals surface area contributed by atoms with E-state index in [1.807, 2.05) is 18.4 Å². The van der Waals surface area contributed by atoms with Gasteiger partial charge >= 0.3 is 0 Å². The molecular formula is C14H17NO3S. The van der Waals surface area contributed by atoms with Gasteiger partial charge in [0.1, 0.15) is 5.54 Å². The van der Waals surface area contributed by atoms with Crippen molar-refractivity contribution in [2.45, 2.75) is 29.7 Å². The molecule has 0 spiro atoms. The van der Waals surface area contributed by atoms with Gasteiger partial charge in [-0.05, 0) is 31.6 Å². The Morgan fingerprint density at radius 3 is 2.37 bits per heavy atom. The standard InChI is InChI=1S/C14H17NO3S/c1-17-12-10(14(15-9-16)7-4-8-14)5-6-11(19-3)13(12)18-2/h5-6H,4,7-8H2,1-3H3. The van der Waals surface area contributed by atoms with Crippen LogP contribution in [0.1, 0.15) is 24.8 Å². The van der Waals surface area contributed by atoms with Crippen molar-refractivity contribution >= 4 is 17.8 Å². The normalized spacial score (nSPS) is 16.2. The van der Waals surface area contributed by atoms with Crippen LogP contribution in [0.2, 0.25) is 0 Å². The molecule has 1 fully saturated rings. The first-order valence-electron chi connectivity index (χ1n) is 6.11. The van der Waals surface area contributed by atoms with Crippen molar-refractivity contribution in [3.63, 3.8) is 0 Å². The van der Waals surface area contributed by atoms with E-state index in [4.69, 9.17) is 9.47 Å². The van der Waals surface area contributed by atoms with Crippen LogP contribution in [0.5, 0.6) is 11.5 Å². The average molecular weight is 279 g/mol. The van der Waals surface area contributed by atoms with Crippen molar-refractivity contribution in [1.29, 1.82) is 0 Å². The zero-order chi connectivity index (χ0) is 13.9. The van der Waals surface area contributed by atoms with Gasteiger partial charge in [-0.1, -0.05) is 6.07 Å². The zero-order valence-corrected chi connectivity index (χ0v) is 12.2. The fourth-order valence-electron chi connectivity index (χ4n) is 2.51. The highest BCUT2D eigenvalue weighted by atomic mass is 32.2. The summed E-state index contributed by atoms with van der Waals surface area (Å²) < 4.78 is 11.0. The van der Waals surface area contributed by atoms with Crippen LogP contribution in [0.25, 0.3) is 0 Å². The second-order valence-electron chi connectivity index (χ2n) is 4.47. The van der Waals surface area contributed by atoms with E-state index in [9.17, 15) is 4.79 Å². The molecule has 5 heteroatoms. The molecule has 0 aliphatic heterocycles. The summed E-state index contributed by atoms with van der Waals surface area (Å²) in [5.74, 6) is 1.38. The van der Waals surface area contributed by atoms with Crippen molar-refractivity contribution in [2.24, 2.45) is 4.99 Å². The number of thioether (sulfide) groups is 1. The Labute approximate surface area is 117 Å². The minimum Gasteiger partial charge on any atom is -0.492 e. The Bertz CT molecular complexity index is 520. The number of isocyanates is 1. The molecule has 2 rings (SSSR count). The van der Waals surface area contributed by atoms with Crippen LogP contribution in [0.3, 0.4) is 0 Å². The summed E-state index contributed by atoms with van der Waals surface area (Å²) in [7, 11) is 3.24. The Balaban J connectivity index is 2.60. The van der Waals surface area contributed by atoms with E-state index in [0.29, 0.717) is 11.5 Å². The van der Waals surface area contributed by atoms with Gasteiger partial charge in [0.15, 0.2) is 11.5 Å². The topological polar surface area (TPSA) is 47.9 Å². The third-order valence-electron chi connectivity index (χ3n) is 3.65. The van der Waals surface area contributed by atoms with Gasteiger partial charge in [0.05, 0.1) is 19.1 Å². The molecule has 1 aromatic carbocycles. The fourth-order valence-corrected chi connectivity index (χ4v) is 3.07. The van der Waals surface area contributed by atoms with E-state index in [2.05, 4.69) is 4.99 Å². The van der Waals surface area contributed by atoms with E-state index in [1.165, 1.54) is 0 Å². The van der Waals surface area contributed by atoms with Crippen LogP contribution in [0.4, 0.5) is 0 Å². The third-order valence-corrected chi connectivity index (χ3v) is 4.41. The van der Waals surface area contributed by atoms with Crippen LogP contribution in [0.15, 0.2) is 22.0 Å². The summed E-state index contributed by atoms with van der Waals surface area (Å²) in [6.07, 6.45) is 6.44. The van der Waals surface area contributed by atoms with Crippen molar-refractivity contribution in [2.75, 3.05) is 20.5 Å². The Morgan fingerprint density at radius 1 is 1.26 bits per heavy atom. The van der Waals surface area contributed by atoms with Gasteiger partial charge in [0, 0.05) is 5.56 Å². The molecule has 1 aromatic rings. The largest absolute Gasteiger partial charge is 0.492 e. The average Bonchev–Trinajstić information content (AvgIpc) is 2.41. The van der Waals surface area contributed by atoms with Crippen LogP contribution < -0.4 is 9.47 Å². The number of aliphatic imine (C=N–C) groups is 1. The van der Waals surface area contributed by atoms with Crippen LogP contribution >= 0.6 is 11.8 Å². The quantitative estimate of drug-likeness (QED) is 0.472. The molecule has 4 nitrogen and oxygen atoms in total. The molecule has 1 aliphatic carbocycles. The van der Waals surface area contributed by atoms with Crippen LogP contribution in [0, 0.1) is 0 Å².